The number of rotatable bonds is 7. The van der Waals surface area contributed by atoms with E-state index in [4.69, 9.17) is 20.3 Å². The van der Waals surface area contributed by atoms with Gasteiger partial charge >= 0.3 is 5.97 Å². The topological polar surface area (TPSA) is 122 Å². The van der Waals surface area contributed by atoms with E-state index in [1.165, 1.54) is 0 Å². The van der Waals surface area contributed by atoms with Crippen molar-refractivity contribution in [2.75, 3.05) is 13.1 Å². The van der Waals surface area contributed by atoms with Crippen molar-refractivity contribution in [1.29, 1.82) is 5.41 Å². The number of amidine groups is 1. The van der Waals surface area contributed by atoms with Gasteiger partial charge in [0.15, 0.2) is 0 Å². The number of fused-ring (bicyclic) bond motifs is 1. The minimum Gasteiger partial charge on any atom is -0.489 e. The minimum absolute atomic E-state index is 0.0233. The molecule has 1 aliphatic rings. The fraction of sp³-hybridized carbons (Fsp3) is 0.273. The SMILES string of the molecule is N=C(N)c1ccc2c(C(CC(=O)O)c3ccc(O[C@H]4CCNC4)cc3)occ2c1. The fourth-order valence-electron chi connectivity index (χ4n) is 3.75. The Morgan fingerprint density at radius 2 is 2.10 bits per heavy atom. The van der Waals surface area contributed by atoms with Gasteiger partial charge in [0.25, 0.3) is 0 Å². The number of hydrogen-bond donors (Lipinski definition) is 4. The molecule has 150 valence electrons. The molecule has 1 fully saturated rings. The second-order valence-electron chi connectivity index (χ2n) is 7.27. The molecule has 0 saturated carbocycles. The van der Waals surface area contributed by atoms with Gasteiger partial charge in [0.05, 0.1) is 18.6 Å². The van der Waals surface area contributed by atoms with Gasteiger partial charge in [-0.25, -0.2) is 0 Å². The summed E-state index contributed by atoms with van der Waals surface area (Å²) in [6.07, 6.45) is 2.63. The highest BCUT2D eigenvalue weighted by Gasteiger charge is 2.24. The number of aliphatic carboxylic acids is 1. The fourth-order valence-corrected chi connectivity index (χ4v) is 3.75. The highest BCUT2D eigenvalue weighted by atomic mass is 16.5. The van der Waals surface area contributed by atoms with E-state index in [0.717, 1.165) is 41.6 Å². The monoisotopic (exact) mass is 393 g/mol. The number of furan rings is 1. The number of hydrogen-bond acceptors (Lipinski definition) is 5. The molecule has 7 heteroatoms. The molecule has 0 aliphatic carbocycles. The molecule has 0 bridgehead atoms. The second-order valence-corrected chi connectivity index (χ2v) is 7.27. The molecular formula is C22H23N3O4. The standard InChI is InChI=1S/C22H23N3O4/c23-22(24)14-3-6-18-15(9-14)12-28-21(18)19(10-20(26)27)13-1-4-16(5-2-13)29-17-7-8-25-11-17/h1-6,9,12,17,19,25H,7-8,10-11H2,(H3,23,24)(H,26,27)/t17-,19?/m0/s1. The van der Waals surface area contributed by atoms with E-state index in [1.807, 2.05) is 30.3 Å². The second kappa shape index (κ2) is 7.97. The maximum atomic E-state index is 11.5. The first-order valence-corrected chi connectivity index (χ1v) is 9.56. The first kappa shape index (κ1) is 19.0. The number of nitrogens with one attached hydrogen (secondary N) is 2. The van der Waals surface area contributed by atoms with Crippen LogP contribution >= 0.6 is 0 Å². The van der Waals surface area contributed by atoms with Crippen molar-refractivity contribution in [3.8, 4) is 5.75 Å². The van der Waals surface area contributed by atoms with Crippen LogP contribution in [0, 0.1) is 5.41 Å². The molecule has 4 rings (SSSR count). The molecule has 1 aliphatic heterocycles. The summed E-state index contributed by atoms with van der Waals surface area (Å²) in [5.74, 6) is -0.00415. The Morgan fingerprint density at radius 3 is 2.76 bits per heavy atom. The van der Waals surface area contributed by atoms with Gasteiger partial charge in [0.2, 0.25) is 0 Å². The van der Waals surface area contributed by atoms with Crippen molar-refractivity contribution in [3.05, 3.63) is 65.6 Å². The van der Waals surface area contributed by atoms with Crippen molar-refractivity contribution in [3.63, 3.8) is 0 Å². The van der Waals surface area contributed by atoms with Crippen LogP contribution in [0.2, 0.25) is 0 Å². The highest BCUT2D eigenvalue weighted by Crippen LogP contribution is 2.35. The molecule has 1 saturated heterocycles. The van der Waals surface area contributed by atoms with Gasteiger partial charge in [-0.2, -0.15) is 0 Å². The summed E-state index contributed by atoms with van der Waals surface area (Å²) in [6.45, 7) is 1.80. The number of benzene rings is 2. The summed E-state index contributed by atoms with van der Waals surface area (Å²) < 4.78 is 11.7. The smallest absolute Gasteiger partial charge is 0.304 e. The van der Waals surface area contributed by atoms with Crippen LogP contribution in [0.3, 0.4) is 0 Å². The van der Waals surface area contributed by atoms with Gasteiger partial charge in [0.1, 0.15) is 23.4 Å². The summed E-state index contributed by atoms with van der Waals surface area (Å²) in [7, 11) is 0. The predicted octanol–water partition coefficient (Wildman–Crippen LogP) is 3.06. The van der Waals surface area contributed by atoms with Gasteiger partial charge in [-0.1, -0.05) is 24.3 Å². The zero-order valence-corrected chi connectivity index (χ0v) is 15.9. The lowest BCUT2D eigenvalue weighted by atomic mass is 9.91. The molecule has 29 heavy (non-hydrogen) atoms. The maximum Gasteiger partial charge on any atom is 0.304 e. The van der Waals surface area contributed by atoms with E-state index >= 15 is 0 Å². The van der Waals surface area contributed by atoms with Crippen LogP contribution in [0.15, 0.2) is 53.1 Å². The zero-order valence-electron chi connectivity index (χ0n) is 15.9. The van der Waals surface area contributed by atoms with Crippen molar-refractivity contribution < 1.29 is 19.1 Å². The number of nitrogen functional groups attached to an aromatic ring is 1. The highest BCUT2D eigenvalue weighted by molar-refractivity contribution is 5.99. The first-order chi connectivity index (χ1) is 14.0. The minimum atomic E-state index is -0.905. The molecule has 2 aromatic carbocycles. The normalized spacial score (nSPS) is 17.3. The molecule has 7 nitrogen and oxygen atoms in total. The number of carboxylic acid groups (broad SMARTS) is 1. The Balaban J connectivity index is 1.64. The molecule has 1 unspecified atom stereocenters. The Kier molecular flexibility index (Phi) is 5.22. The molecule has 5 N–H and O–H groups in total. The molecule has 2 heterocycles. The summed E-state index contributed by atoms with van der Waals surface area (Å²) >= 11 is 0. The summed E-state index contributed by atoms with van der Waals surface area (Å²) in [4.78, 5) is 11.5. The Morgan fingerprint density at radius 1 is 1.31 bits per heavy atom. The molecule has 0 spiro atoms. The largest absolute Gasteiger partial charge is 0.489 e. The van der Waals surface area contributed by atoms with Crippen LogP contribution in [-0.2, 0) is 4.79 Å². The van der Waals surface area contributed by atoms with Crippen LogP contribution in [0.4, 0.5) is 0 Å². The number of carboxylic acids is 1. The number of ether oxygens (including phenoxy) is 1. The van der Waals surface area contributed by atoms with Crippen molar-refractivity contribution in [2.45, 2.75) is 24.9 Å². The van der Waals surface area contributed by atoms with E-state index in [-0.39, 0.29) is 18.4 Å². The lowest BCUT2D eigenvalue weighted by Gasteiger charge is -2.16. The zero-order chi connectivity index (χ0) is 20.4. The Hall–Kier alpha value is -3.32. The van der Waals surface area contributed by atoms with Gasteiger partial charge in [-0.15, -0.1) is 0 Å². The third kappa shape index (κ3) is 4.09. The molecule has 0 radical (unpaired) electrons. The number of carbonyl (C=O) groups is 1. The average Bonchev–Trinajstić information content (AvgIpc) is 3.36. The lowest BCUT2D eigenvalue weighted by molar-refractivity contribution is -0.137. The van der Waals surface area contributed by atoms with Gasteiger partial charge in [-0.05, 0) is 36.7 Å². The lowest BCUT2D eigenvalue weighted by Crippen LogP contribution is -2.19. The van der Waals surface area contributed by atoms with Crippen LogP contribution in [0.1, 0.15) is 35.6 Å². The van der Waals surface area contributed by atoms with E-state index in [2.05, 4.69) is 5.32 Å². The predicted molar refractivity (Wildman–Crippen MR) is 110 cm³/mol. The van der Waals surface area contributed by atoms with E-state index in [0.29, 0.717) is 11.3 Å². The van der Waals surface area contributed by atoms with Gasteiger partial charge in [-0.3, -0.25) is 10.2 Å². The molecule has 2 atom stereocenters. The molecule has 3 aromatic rings. The van der Waals surface area contributed by atoms with Gasteiger partial charge in [0, 0.05) is 22.9 Å². The third-order valence-electron chi connectivity index (χ3n) is 5.24. The van der Waals surface area contributed by atoms with Crippen molar-refractivity contribution in [1.82, 2.24) is 5.32 Å². The summed E-state index contributed by atoms with van der Waals surface area (Å²) in [5.41, 5.74) is 7.00. The van der Waals surface area contributed by atoms with Crippen LogP contribution in [0.5, 0.6) is 5.75 Å². The molecule has 0 amide bonds. The molecule has 1 aromatic heterocycles. The van der Waals surface area contributed by atoms with Crippen molar-refractivity contribution in [2.24, 2.45) is 5.73 Å². The Labute approximate surface area is 168 Å². The first-order valence-electron chi connectivity index (χ1n) is 9.56. The van der Waals surface area contributed by atoms with E-state index in [1.54, 1.807) is 18.4 Å². The quantitative estimate of drug-likeness (QED) is 0.362. The number of nitrogens with two attached hydrogens (primary N) is 1. The van der Waals surface area contributed by atoms with Crippen LogP contribution in [0.25, 0.3) is 10.8 Å². The third-order valence-corrected chi connectivity index (χ3v) is 5.24. The molecular weight excluding hydrogens is 370 g/mol. The van der Waals surface area contributed by atoms with Gasteiger partial charge < -0.3 is 25.3 Å². The van der Waals surface area contributed by atoms with Crippen LogP contribution < -0.4 is 15.8 Å². The van der Waals surface area contributed by atoms with Crippen LogP contribution in [-0.4, -0.2) is 36.1 Å². The van der Waals surface area contributed by atoms with E-state index < -0.39 is 11.9 Å². The summed E-state index contributed by atoms with van der Waals surface area (Å²) in [6, 6.07) is 12.9. The Bertz CT molecular complexity index is 1040. The van der Waals surface area contributed by atoms with E-state index in [9.17, 15) is 9.90 Å². The average molecular weight is 393 g/mol. The summed E-state index contributed by atoms with van der Waals surface area (Å²) in [5, 5.41) is 21.9. The van der Waals surface area contributed by atoms with Crippen molar-refractivity contribution >= 4 is 22.6 Å². The maximum absolute atomic E-state index is 11.5.